The first kappa shape index (κ1) is 14.8. The third kappa shape index (κ3) is 3.63. The molecule has 0 unspecified atom stereocenters. The van der Waals surface area contributed by atoms with Crippen molar-refractivity contribution < 1.29 is 14.7 Å². The molecular formula is C11H8Cl3NO3. The summed E-state index contributed by atoms with van der Waals surface area (Å²) in [5.74, 6) is -2.26. The van der Waals surface area contributed by atoms with Crippen molar-refractivity contribution in [1.29, 1.82) is 0 Å². The van der Waals surface area contributed by atoms with Crippen LogP contribution in [0, 0.1) is 6.92 Å². The summed E-state index contributed by atoms with van der Waals surface area (Å²) in [6.07, 6.45) is 0. The number of hydrogen-bond donors (Lipinski definition) is 2. The lowest BCUT2D eigenvalue weighted by molar-refractivity contribution is -0.132. The van der Waals surface area contributed by atoms with Crippen LogP contribution in [-0.4, -0.2) is 17.0 Å². The van der Waals surface area contributed by atoms with E-state index in [0.29, 0.717) is 16.3 Å². The number of benzene rings is 1. The molecule has 0 bridgehead atoms. The van der Waals surface area contributed by atoms with Gasteiger partial charge in [-0.3, -0.25) is 4.79 Å². The highest BCUT2D eigenvalue weighted by molar-refractivity contribution is 6.54. The molecule has 1 aromatic rings. The predicted molar refractivity (Wildman–Crippen MR) is 71.2 cm³/mol. The summed E-state index contributed by atoms with van der Waals surface area (Å²) in [6.45, 7) is 1.73. The van der Waals surface area contributed by atoms with E-state index in [1.54, 1.807) is 25.1 Å². The van der Waals surface area contributed by atoms with Gasteiger partial charge in [-0.25, -0.2) is 4.79 Å². The zero-order valence-electron chi connectivity index (χ0n) is 9.13. The number of hydrogen-bond acceptors (Lipinski definition) is 2. The number of aryl methyl sites for hydroxylation is 1. The second-order valence-electron chi connectivity index (χ2n) is 3.35. The minimum Gasteiger partial charge on any atom is -0.477 e. The van der Waals surface area contributed by atoms with Gasteiger partial charge in [0.2, 0.25) is 0 Å². The second kappa shape index (κ2) is 6.09. The fourth-order valence-electron chi connectivity index (χ4n) is 1.14. The molecule has 2 N–H and O–H groups in total. The standard InChI is InChI=1S/C11H8Cl3NO3/c1-5-4-6(12)2-3-7(5)15-10(16)8(13)9(14)11(17)18/h2-4H,1H3,(H,15,16)(H,17,18)/b9-8-. The lowest BCUT2D eigenvalue weighted by Gasteiger charge is -2.08. The van der Waals surface area contributed by atoms with Crippen molar-refractivity contribution in [3.8, 4) is 0 Å². The monoisotopic (exact) mass is 307 g/mol. The van der Waals surface area contributed by atoms with Gasteiger partial charge >= 0.3 is 5.97 Å². The van der Waals surface area contributed by atoms with Crippen molar-refractivity contribution in [3.63, 3.8) is 0 Å². The average Bonchev–Trinajstić information content (AvgIpc) is 2.30. The van der Waals surface area contributed by atoms with Gasteiger partial charge in [-0.05, 0) is 30.7 Å². The first-order valence-electron chi connectivity index (χ1n) is 4.69. The van der Waals surface area contributed by atoms with Crippen molar-refractivity contribution in [2.75, 3.05) is 5.32 Å². The summed E-state index contributed by atoms with van der Waals surface area (Å²) >= 11 is 16.7. The van der Waals surface area contributed by atoms with Crippen LogP contribution < -0.4 is 5.32 Å². The number of carbonyl (C=O) groups is 2. The van der Waals surface area contributed by atoms with Crippen LogP contribution in [0.15, 0.2) is 28.3 Å². The Balaban J connectivity index is 2.95. The van der Waals surface area contributed by atoms with Gasteiger partial charge in [-0.15, -0.1) is 0 Å². The van der Waals surface area contributed by atoms with Crippen molar-refractivity contribution in [2.45, 2.75) is 6.92 Å². The fourth-order valence-corrected chi connectivity index (χ4v) is 1.58. The van der Waals surface area contributed by atoms with E-state index in [2.05, 4.69) is 5.32 Å². The topological polar surface area (TPSA) is 66.4 Å². The summed E-state index contributed by atoms with van der Waals surface area (Å²) in [7, 11) is 0. The van der Waals surface area contributed by atoms with E-state index in [4.69, 9.17) is 39.9 Å². The molecule has 0 spiro atoms. The number of halogens is 3. The Morgan fingerprint density at radius 2 is 1.83 bits per heavy atom. The summed E-state index contributed by atoms with van der Waals surface area (Å²) < 4.78 is 0. The lowest BCUT2D eigenvalue weighted by Crippen LogP contribution is -2.15. The Morgan fingerprint density at radius 3 is 2.33 bits per heavy atom. The molecule has 4 nitrogen and oxygen atoms in total. The number of carboxylic acids is 1. The van der Waals surface area contributed by atoms with E-state index in [0.717, 1.165) is 0 Å². The highest BCUT2D eigenvalue weighted by atomic mass is 35.5. The zero-order valence-corrected chi connectivity index (χ0v) is 11.4. The van der Waals surface area contributed by atoms with Crippen LogP contribution in [0.5, 0.6) is 0 Å². The van der Waals surface area contributed by atoms with Gasteiger partial charge in [0.15, 0.2) is 0 Å². The Labute approximate surface area is 118 Å². The minimum absolute atomic E-state index is 0.470. The van der Waals surface area contributed by atoms with Crippen LogP contribution in [0.25, 0.3) is 0 Å². The van der Waals surface area contributed by atoms with Crippen molar-refractivity contribution in [3.05, 3.63) is 38.8 Å². The number of carbonyl (C=O) groups excluding carboxylic acids is 1. The fraction of sp³-hybridized carbons (Fsp3) is 0.0909. The third-order valence-electron chi connectivity index (χ3n) is 2.02. The predicted octanol–water partition coefficient (Wildman–Crippen LogP) is 3.36. The average molecular weight is 309 g/mol. The molecule has 1 aromatic carbocycles. The van der Waals surface area contributed by atoms with E-state index >= 15 is 0 Å². The van der Waals surface area contributed by atoms with Gasteiger partial charge < -0.3 is 10.4 Å². The molecule has 0 aromatic heterocycles. The molecule has 0 saturated heterocycles. The van der Waals surface area contributed by atoms with Gasteiger partial charge in [0.25, 0.3) is 5.91 Å². The number of aliphatic carboxylic acids is 1. The molecule has 18 heavy (non-hydrogen) atoms. The highest BCUT2D eigenvalue weighted by Gasteiger charge is 2.17. The molecule has 7 heteroatoms. The van der Waals surface area contributed by atoms with Gasteiger partial charge in [0, 0.05) is 10.7 Å². The zero-order chi connectivity index (χ0) is 13.9. The molecule has 0 fully saturated rings. The Kier molecular flexibility index (Phi) is 5.02. The van der Waals surface area contributed by atoms with Crippen LogP contribution >= 0.6 is 34.8 Å². The van der Waals surface area contributed by atoms with Crippen LogP contribution in [-0.2, 0) is 9.59 Å². The summed E-state index contributed by atoms with van der Waals surface area (Å²) in [6, 6.07) is 4.81. The quantitative estimate of drug-likeness (QED) is 0.841. The maximum absolute atomic E-state index is 11.6. The molecule has 0 atom stereocenters. The summed E-state index contributed by atoms with van der Waals surface area (Å²) in [5.41, 5.74) is 1.18. The maximum Gasteiger partial charge on any atom is 0.349 e. The molecule has 1 rings (SSSR count). The lowest BCUT2D eigenvalue weighted by atomic mass is 10.2. The number of amides is 1. The normalized spacial score (nSPS) is 11.8. The smallest absolute Gasteiger partial charge is 0.349 e. The third-order valence-corrected chi connectivity index (χ3v) is 3.06. The van der Waals surface area contributed by atoms with Gasteiger partial charge in [0.1, 0.15) is 10.1 Å². The largest absolute Gasteiger partial charge is 0.477 e. The van der Waals surface area contributed by atoms with Crippen molar-refractivity contribution >= 4 is 52.4 Å². The molecule has 0 saturated carbocycles. The molecule has 0 radical (unpaired) electrons. The first-order chi connectivity index (χ1) is 8.32. The number of nitrogens with one attached hydrogen (secondary N) is 1. The van der Waals surface area contributed by atoms with E-state index in [1.165, 1.54) is 0 Å². The first-order valence-corrected chi connectivity index (χ1v) is 5.82. The van der Waals surface area contributed by atoms with Gasteiger partial charge in [-0.2, -0.15) is 0 Å². The molecule has 0 aliphatic carbocycles. The number of carboxylic acid groups (broad SMARTS) is 1. The van der Waals surface area contributed by atoms with Crippen LogP contribution in [0.1, 0.15) is 5.56 Å². The molecule has 1 amide bonds. The summed E-state index contributed by atoms with van der Waals surface area (Å²) in [4.78, 5) is 22.2. The van der Waals surface area contributed by atoms with Crippen molar-refractivity contribution in [2.24, 2.45) is 0 Å². The Morgan fingerprint density at radius 1 is 1.22 bits per heavy atom. The maximum atomic E-state index is 11.6. The van der Waals surface area contributed by atoms with Crippen LogP contribution in [0.4, 0.5) is 5.69 Å². The van der Waals surface area contributed by atoms with Crippen LogP contribution in [0.2, 0.25) is 5.02 Å². The van der Waals surface area contributed by atoms with E-state index < -0.39 is 21.9 Å². The number of anilines is 1. The van der Waals surface area contributed by atoms with E-state index in [9.17, 15) is 9.59 Å². The van der Waals surface area contributed by atoms with E-state index in [1.807, 2.05) is 0 Å². The van der Waals surface area contributed by atoms with Gasteiger partial charge in [0.05, 0.1) is 0 Å². The molecule has 0 aliphatic rings. The molecule has 0 aliphatic heterocycles. The van der Waals surface area contributed by atoms with Gasteiger partial charge in [-0.1, -0.05) is 34.8 Å². The molecule has 0 heterocycles. The SMILES string of the molecule is Cc1cc(Cl)ccc1NC(=O)/C(Cl)=C(/Cl)C(=O)O. The Bertz CT molecular complexity index is 540. The molecule has 96 valence electrons. The molecular weight excluding hydrogens is 300 g/mol. The van der Waals surface area contributed by atoms with E-state index in [-0.39, 0.29) is 0 Å². The summed E-state index contributed by atoms with van der Waals surface area (Å²) in [5, 5.41) is 10.2. The minimum atomic E-state index is -1.47. The highest BCUT2D eigenvalue weighted by Crippen LogP contribution is 2.22. The van der Waals surface area contributed by atoms with Crippen molar-refractivity contribution in [1.82, 2.24) is 0 Å². The second-order valence-corrected chi connectivity index (χ2v) is 4.54. The Hall–Kier alpha value is -1.23. The van der Waals surface area contributed by atoms with Crippen LogP contribution in [0.3, 0.4) is 0 Å². The number of rotatable bonds is 3.